The molecule has 0 aromatic heterocycles. The third kappa shape index (κ3) is 2.93. The van der Waals surface area contributed by atoms with E-state index in [-0.39, 0.29) is 0 Å². The summed E-state index contributed by atoms with van der Waals surface area (Å²) in [6, 6.07) is 6.65. The van der Waals surface area contributed by atoms with Crippen LogP contribution in [-0.2, 0) is 0 Å². The van der Waals surface area contributed by atoms with E-state index < -0.39 is 0 Å². The molecule has 1 aromatic carbocycles. The maximum atomic E-state index is 5.76. The van der Waals surface area contributed by atoms with Gasteiger partial charge in [0, 0.05) is 12.5 Å². The molecule has 0 bridgehead atoms. The van der Waals surface area contributed by atoms with Crippen molar-refractivity contribution >= 4 is 0 Å². The van der Waals surface area contributed by atoms with Crippen LogP contribution in [0.1, 0.15) is 45.2 Å². The first-order valence-corrected chi connectivity index (χ1v) is 7.69. The first-order chi connectivity index (χ1) is 9.56. The van der Waals surface area contributed by atoms with E-state index >= 15 is 0 Å². The van der Waals surface area contributed by atoms with Crippen molar-refractivity contribution in [3.63, 3.8) is 0 Å². The van der Waals surface area contributed by atoms with Gasteiger partial charge in [0.1, 0.15) is 0 Å². The number of fused-ring (bicyclic) bond motifs is 1. The molecule has 3 heteroatoms. The fourth-order valence-electron chi connectivity index (χ4n) is 2.81. The zero-order chi connectivity index (χ0) is 14.2. The molecule has 3 nitrogen and oxygen atoms in total. The lowest BCUT2D eigenvalue weighted by atomic mass is 10.1. The van der Waals surface area contributed by atoms with Gasteiger partial charge >= 0.3 is 0 Å². The van der Waals surface area contributed by atoms with Crippen LogP contribution in [0.15, 0.2) is 18.2 Å². The zero-order valence-corrected chi connectivity index (χ0v) is 12.7. The first-order valence-electron chi connectivity index (χ1n) is 7.69. The summed E-state index contributed by atoms with van der Waals surface area (Å²) >= 11 is 0. The summed E-state index contributed by atoms with van der Waals surface area (Å²) in [7, 11) is 0. The van der Waals surface area contributed by atoms with Crippen molar-refractivity contribution in [2.24, 2.45) is 11.3 Å². The van der Waals surface area contributed by atoms with Crippen LogP contribution in [0.25, 0.3) is 0 Å². The van der Waals surface area contributed by atoms with Gasteiger partial charge in [-0.15, -0.1) is 0 Å². The second-order valence-corrected chi connectivity index (χ2v) is 6.78. The number of hydrogen-bond acceptors (Lipinski definition) is 3. The Bertz CT molecular complexity index is 484. The fraction of sp³-hybridized carbons (Fsp3) is 0.647. The van der Waals surface area contributed by atoms with E-state index in [1.165, 1.54) is 12.0 Å². The molecule has 0 radical (unpaired) electrons. The van der Waals surface area contributed by atoms with Gasteiger partial charge in [-0.3, -0.25) is 0 Å². The summed E-state index contributed by atoms with van der Waals surface area (Å²) in [5.41, 5.74) is 1.81. The SMILES string of the molecule is CC(NCC1CC1(C)C)c1ccc2c(c1)OCCCO2. The highest BCUT2D eigenvalue weighted by atomic mass is 16.5. The van der Waals surface area contributed by atoms with E-state index in [1.54, 1.807) is 0 Å². The second kappa shape index (κ2) is 5.28. The first kappa shape index (κ1) is 13.7. The van der Waals surface area contributed by atoms with Gasteiger partial charge in [0.05, 0.1) is 13.2 Å². The van der Waals surface area contributed by atoms with E-state index in [0.29, 0.717) is 11.5 Å². The number of benzene rings is 1. The number of ether oxygens (including phenoxy) is 2. The van der Waals surface area contributed by atoms with Crippen LogP contribution in [0.5, 0.6) is 11.5 Å². The maximum Gasteiger partial charge on any atom is 0.161 e. The molecule has 3 rings (SSSR count). The highest BCUT2D eigenvalue weighted by Crippen LogP contribution is 2.51. The van der Waals surface area contributed by atoms with E-state index in [9.17, 15) is 0 Å². The van der Waals surface area contributed by atoms with Crippen LogP contribution in [0, 0.1) is 11.3 Å². The highest BCUT2D eigenvalue weighted by Gasteiger charge is 2.44. The Morgan fingerprint density at radius 3 is 2.65 bits per heavy atom. The third-order valence-corrected chi connectivity index (χ3v) is 4.66. The quantitative estimate of drug-likeness (QED) is 0.911. The van der Waals surface area contributed by atoms with Crippen molar-refractivity contribution in [3.05, 3.63) is 23.8 Å². The van der Waals surface area contributed by atoms with Crippen LogP contribution >= 0.6 is 0 Å². The minimum absolute atomic E-state index is 0.351. The maximum absolute atomic E-state index is 5.76. The molecule has 2 unspecified atom stereocenters. The molecule has 1 aromatic rings. The topological polar surface area (TPSA) is 30.5 Å². The molecular weight excluding hydrogens is 250 g/mol. The molecule has 1 heterocycles. The number of nitrogens with one attached hydrogen (secondary N) is 1. The van der Waals surface area contributed by atoms with E-state index in [0.717, 1.165) is 43.6 Å². The summed E-state index contributed by atoms with van der Waals surface area (Å²) in [5.74, 6) is 2.59. The molecule has 0 spiro atoms. The molecule has 20 heavy (non-hydrogen) atoms. The lowest BCUT2D eigenvalue weighted by Gasteiger charge is -2.17. The molecular formula is C17H25NO2. The normalized spacial score (nSPS) is 24.9. The summed E-state index contributed by atoms with van der Waals surface area (Å²) in [6.07, 6.45) is 2.29. The van der Waals surface area contributed by atoms with Crippen LogP contribution in [0.3, 0.4) is 0 Å². The standard InChI is InChI=1S/C17H25NO2/c1-12(18-11-14-10-17(14,2)3)13-5-6-15-16(9-13)20-8-4-7-19-15/h5-6,9,12,14,18H,4,7-8,10-11H2,1-3H3. The van der Waals surface area contributed by atoms with E-state index in [2.05, 4.69) is 38.2 Å². The average molecular weight is 275 g/mol. The Kier molecular flexibility index (Phi) is 3.63. The van der Waals surface area contributed by atoms with Gasteiger partial charge in [-0.1, -0.05) is 19.9 Å². The van der Waals surface area contributed by atoms with Gasteiger partial charge in [-0.2, -0.15) is 0 Å². The lowest BCUT2D eigenvalue weighted by Crippen LogP contribution is -2.22. The molecule has 0 amide bonds. The molecule has 1 fully saturated rings. The molecule has 1 N–H and O–H groups in total. The minimum Gasteiger partial charge on any atom is -0.490 e. The summed E-state index contributed by atoms with van der Waals surface area (Å²) in [5, 5.41) is 3.64. The average Bonchev–Trinajstić information content (AvgIpc) is 3.10. The third-order valence-electron chi connectivity index (χ3n) is 4.66. The molecule has 1 saturated carbocycles. The Morgan fingerprint density at radius 1 is 1.25 bits per heavy atom. The molecule has 110 valence electrons. The van der Waals surface area contributed by atoms with Gasteiger partial charge in [-0.05, 0) is 48.9 Å². The van der Waals surface area contributed by atoms with Crippen molar-refractivity contribution in [2.45, 2.75) is 39.7 Å². The van der Waals surface area contributed by atoms with Crippen molar-refractivity contribution in [2.75, 3.05) is 19.8 Å². The van der Waals surface area contributed by atoms with E-state index in [1.807, 2.05) is 6.07 Å². The van der Waals surface area contributed by atoms with Crippen molar-refractivity contribution in [3.8, 4) is 11.5 Å². The van der Waals surface area contributed by atoms with Crippen molar-refractivity contribution in [1.82, 2.24) is 5.32 Å². The van der Waals surface area contributed by atoms with Gasteiger partial charge in [-0.25, -0.2) is 0 Å². The lowest BCUT2D eigenvalue weighted by molar-refractivity contribution is 0.297. The zero-order valence-electron chi connectivity index (χ0n) is 12.7. The molecule has 0 saturated heterocycles. The Balaban J connectivity index is 1.63. The predicted octanol–water partition coefficient (Wildman–Crippen LogP) is 3.54. The molecule has 1 aliphatic carbocycles. The van der Waals surface area contributed by atoms with Gasteiger partial charge in [0.2, 0.25) is 0 Å². The number of hydrogen-bond donors (Lipinski definition) is 1. The van der Waals surface area contributed by atoms with Crippen molar-refractivity contribution in [1.29, 1.82) is 0 Å². The predicted molar refractivity (Wildman–Crippen MR) is 80.4 cm³/mol. The van der Waals surface area contributed by atoms with Crippen LogP contribution in [0.4, 0.5) is 0 Å². The Morgan fingerprint density at radius 2 is 1.95 bits per heavy atom. The minimum atomic E-state index is 0.351. The molecule has 2 atom stereocenters. The Hall–Kier alpha value is -1.22. The summed E-state index contributed by atoms with van der Waals surface area (Å²) < 4.78 is 11.4. The Labute approximate surface area is 121 Å². The summed E-state index contributed by atoms with van der Waals surface area (Å²) in [4.78, 5) is 0. The van der Waals surface area contributed by atoms with Crippen LogP contribution in [-0.4, -0.2) is 19.8 Å². The largest absolute Gasteiger partial charge is 0.490 e. The highest BCUT2D eigenvalue weighted by molar-refractivity contribution is 5.44. The summed E-state index contributed by atoms with van der Waals surface area (Å²) in [6.45, 7) is 9.50. The monoisotopic (exact) mass is 275 g/mol. The van der Waals surface area contributed by atoms with Gasteiger partial charge in [0.15, 0.2) is 11.5 Å². The van der Waals surface area contributed by atoms with Crippen LogP contribution in [0.2, 0.25) is 0 Å². The second-order valence-electron chi connectivity index (χ2n) is 6.78. The van der Waals surface area contributed by atoms with Crippen molar-refractivity contribution < 1.29 is 9.47 Å². The van der Waals surface area contributed by atoms with Gasteiger partial charge < -0.3 is 14.8 Å². The molecule has 2 aliphatic rings. The van der Waals surface area contributed by atoms with Gasteiger partial charge in [0.25, 0.3) is 0 Å². The van der Waals surface area contributed by atoms with E-state index in [4.69, 9.17) is 9.47 Å². The number of rotatable bonds is 4. The smallest absolute Gasteiger partial charge is 0.161 e. The fourth-order valence-corrected chi connectivity index (χ4v) is 2.81. The molecule has 1 aliphatic heterocycles. The van der Waals surface area contributed by atoms with Crippen LogP contribution < -0.4 is 14.8 Å².